The Kier molecular flexibility index (Phi) is 5.07. The second-order valence-electron chi connectivity index (χ2n) is 5.05. The number of hydrogen-bond donors (Lipinski definition) is 1. The summed E-state index contributed by atoms with van der Waals surface area (Å²) in [4.78, 5) is 0. The van der Waals surface area contributed by atoms with Gasteiger partial charge in [0, 0.05) is 10.6 Å². The number of halogens is 5. The van der Waals surface area contributed by atoms with E-state index in [1.165, 1.54) is 12.1 Å². The second-order valence-corrected chi connectivity index (χ2v) is 6.65. The average Bonchev–Trinajstić information content (AvgIpc) is 2.39. The lowest BCUT2D eigenvalue weighted by atomic mass is 9.86. The van der Waals surface area contributed by atoms with E-state index in [1.54, 1.807) is 19.1 Å². The van der Waals surface area contributed by atoms with E-state index >= 15 is 0 Å². The van der Waals surface area contributed by atoms with Crippen molar-refractivity contribution in [2.75, 3.05) is 0 Å². The molecule has 0 aliphatic heterocycles. The zero-order valence-corrected chi connectivity index (χ0v) is 14.1. The molecule has 1 unspecified atom stereocenters. The van der Waals surface area contributed by atoms with Crippen molar-refractivity contribution in [3.05, 3.63) is 67.4 Å². The summed E-state index contributed by atoms with van der Waals surface area (Å²) in [6.45, 7) is 1.75. The van der Waals surface area contributed by atoms with Gasteiger partial charge in [0.2, 0.25) is 0 Å². The van der Waals surface area contributed by atoms with E-state index in [0.29, 0.717) is 27.1 Å². The molecule has 0 aliphatic carbocycles. The molecular weight excluding hydrogens is 355 g/mol. The molecule has 0 fully saturated rings. The Morgan fingerprint density at radius 3 is 2.38 bits per heavy atom. The minimum Gasteiger partial charge on any atom is -0.321 e. The van der Waals surface area contributed by atoms with Gasteiger partial charge in [-0.1, -0.05) is 58.5 Å². The first-order chi connectivity index (χ1) is 9.72. The van der Waals surface area contributed by atoms with E-state index in [-0.39, 0.29) is 5.02 Å². The lowest BCUT2D eigenvalue weighted by Gasteiger charge is -2.27. The van der Waals surface area contributed by atoms with Gasteiger partial charge in [-0.25, -0.2) is 4.39 Å². The molecule has 2 aromatic carbocycles. The quantitative estimate of drug-likeness (QED) is 0.676. The third kappa shape index (κ3) is 3.64. The van der Waals surface area contributed by atoms with Gasteiger partial charge in [-0.05, 0) is 42.7 Å². The average molecular weight is 367 g/mol. The molecule has 0 spiro atoms. The Labute approximate surface area is 142 Å². The second kappa shape index (κ2) is 6.31. The summed E-state index contributed by atoms with van der Waals surface area (Å²) in [5.74, 6) is -0.565. The van der Waals surface area contributed by atoms with Gasteiger partial charge in [0.15, 0.2) is 0 Å². The summed E-state index contributed by atoms with van der Waals surface area (Å²) in [7, 11) is 0. The fourth-order valence-corrected chi connectivity index (χ4v) is 3.12. The summed E-state index contributed by atoms with van der Waals surface area (Å²) in [5, 5.41) is 1.14. The van der Waals surface area contributed by atoms with E-state index in [0.717, 1.165) is 5.56 Å². The van der Waals surface area contributed by atoms with E-state index < -0.39 is 11.4 Å². The molecule has 0 radical (unpaired) electrons. The van der Waals surface area contributed by atoms with Crippen LogP contribution >= 0.6 is 46.4 Å². The molecule has 1 atom stereocenters. The van der Waals surface area contributed by atoms with Crippen molar-refractivity contribution >= 4 is 46.4 Å². The summed E-state index contributed by atoms with van der Waals surface area (Å²) < 4.78 is 13.7. The largest absolute Gasteiger partial charge is 0.321 e. The molecule has 21 heavy (non-hydrogen) atoms. The van der Waals surface area contributed by atoms with Crippen molar-refractivity contribution in [2.24, 2.45) is 5.73 Å². The van der Waals surface area contributed by atoms with Crippen LogP contribution in [0.5, 0.6) is 0 Å². The Morgan fingerprint density at radius 1 is 1.05 bits per heavy atom. The van der Waals surface area contributed by atoms with Crippen LogP contribution < -0.4 is 5.73 Å². The summed E-state index contributed by atoms with van der Waals surface area (Å²) in [6, 6.07) is 7.89. The molecule has 0 saturated heterocycles. The molecule has 2 aromatic rings. The van der Waals surface area contributed by atoms with Crippen LogP contribution in [0.4, 0.5) is 4.39 Å². The molecule has 112 valence electrons. The van der Waals surface area contributed by atoms with Crippen molar-refractivity contribution in [3.8, 4) is 0 Å². The monoisotopic (exact) mass is 365 g/mol. The number of rotatable bonds is 3. The van der Waals surface area contributed by atoms with Crippen LogP contribution in [0, 0.1) is 5.82 Å². The Morgan fingerprint density at radius 2 is 1.71 bits per heavy atom. The number of nitrogens with two attached hydrogens (primary N) is 1. The highest BCUT2D eigenvalue weighted by molar-refractivity contribution is 6.42. The maximum Gasteiger partial charge on any atom is 0.142 e. The van der Waals surface area contributed by atoms with E-state index in [4.69, 9.17) is 52.1 Å². The van der Waals surface area contributed by atoms with Crippen LogP contribution in [0.2, 0.25) is 20.1 Å². The van der Waals surface area contributed by atoms with Crippen molar-refractivity contribution in [2.45, 2.75) is 18.9 Å². The molecule has 0 heterocycles. The third-order valence-electron chi connectivity index (χ3n) is 3.21. The van der Waals surface area contributed by atoms with Gasteiger partial charge in [0.1, 0.15) is 5.82 Å². The van der Waals surface area contributed by atoms with Gasteiger partial charge in [0.05, 0.1) is 15.1 Å². The Balaban J connectivity index is 2.43. The van der Waals surface area contributed by atoms with Crippen LogP contribution in [-0.2, 0) is 12.0 Å². The van der Waals surface area contributed by atoms with Crippen LogP contribution in [-0.4, -0.2) is 0 Å². The van der Waals surface area contributed by atoms with E-state index in [2.05, 4.69) is 0 Å². The molecule has 0 aromatic heterocycles. The van der Waals surface area contributed by atoms with Crippen LogP contribution in [0.15, 0.2) is 30.3 Å². The SMILES string of the molecule is CC(N)(Cc1cccc(Cl)c1Cl)c1cc(F)c(Cl)cc1Cl. The lowest BCUT2D eigenvalue weighted by molar-refractivity contribution is 0.486. The lowest BCUT2D eigenvalue weighted by Crippen LogP contribution is -2.36. The number of hydrogen-bond acceptors (Lipinski definition) is 1. The smallest absolute Gasteiger partial charge is 0.142 e. The fraction of sp³-hybridized carbons (Fsp3) is 0.200. The van der Waals surface area contributed by atoms with Gasteiger partial charge < -0.3 is 5.73 Å². The topological polar surface area (TPSA) is 26.0 Å². The molecule has 0 saturated carbocycles. The first-order valence-corrected chi connectivity index (χ1v) is 7.60. The molecule has 6 heteroatoms. The Hall–Kier alpha value is -0.510. The zero-order valence-electron chi connectivity index (χ0n) is 11.1. The summed E-state index contributed by atoms with van der Waals surface area (Å²) in [5.41, 5.74) is 6.62. The Bertz CT molecular complexity index is 686. The normalized spacial score (nSPS) is 14.0. The first-order valence-electron chi connectivity index (χ1n) is 6.09. The van der Waals surface area contributed by atoms with Gasteiger partial charge in [-0.2, -0.15) is 0 Å². The fourth-order valence-electron chi connectivity index (χ4n) is 2.14. The van der Waals surface area contributed by atoms with Gasteiger partial charge in [-0.15, -0.1) is 0 Å². The van der Waals surface area contributed by atoms with Crippen molar-refractivity contribution in [1.29, 1.82) is 0 Å². The highest BCUT2D eigenvalue weighted by Gasteiger charge is 2.27. The van der Waals surface area contributed by atoms with Crippen LogP contribution in [0.3, 0.4) is 0 Å². The van der Waals surface area contributed by atoms with Gasteiger partial charge >= 0.3 is 0 Å². The molecule has 0 aliphatic rings. The van der Waals surface area contributed by atoms with Crippen LogP contribution in [0.1, 0.15) is 18.1 Å². The maximum atomic E-state index is 13.7. The highest BCUT2D eigenvalue weighted by Crippen LogP contribution is 2.35. The summed E-state index contributed by atoms with van der Waals surface area (Å²) >= 11 is 24.0. The van der Waals surface area contributed by atoms with Crippen molar-refractivity contribution in [1.82, 2.24) is 0 Å². The maximum absolute atomic E-state index is 13.7. The molecule has 0 bridgehead atoms. The molecule has 2 rings (SSSR count). The minimum atomic E-state index is -0.920. The zero-order chi connectivity index (χ0) is 15.8. The third-order valence-corrected chi connectivity index (χ3v) is 4.67. The van der Waals surface area contributed by atoms with Gasteiger partial charge in [0.25, 0.3) is 0 Å². The highest BCUT2D eigenvalue weighted by atomic mass is 35.5. The van der Waals surface area contributed by atoms with E-state index in [9.17, 15) is 4.39 Å². The predicted molar refractivity (Wildman–Crippen MR) is 88.1 cm³/mol. The summed E-state index contributed by atoms with van der Waals surface area (Å²) in [6.07, 6.45) is 0.354. The van der Waals surface area contributed by atoms with E-state index in [1.807, 2.05) is 6.07 Å². The molecule has 0 amide bonds. The number of benzene rings is 2. The van der Waals surface area contributed by atoms with Crippen molar-refractivity contribution in [3.63, 3.8) is 0 Å². The molecular formula is C15H12Cl4FN. The minimum absolute atomic E-state index is 0.0414. The standard InChI is InChI=1S/C15H12Cl4FN/c1-15(21,7-8-3-2-4-10(16)14(8)19)9-5-13(20)12(18)6-11(9)17/h2-6H,7,21H2,1H3. The van der Waals surface area contributed by atoms with Crippen molar-refractivity contribution < 1.29 is 4.39 Å². The van der Waals surface area contributed by atoms with Gasteiger partial charge in [-0.3, -0.25) is 0 Å². The predicted octanol–water partition coefficient (Wildman–Crippen LogP) is 5.86. The first kappa shape index (κ1) is 16.9. The van der Waals surface area contributed by atoms with Crippen LogP contribution in [0.25, 0.3) is 0 Å². The molecule has 2 N–H and O–H groups in total. The molecule has 1 nitrogen and oxygen atoms in total.